The molecule has 2 nitrogen and oxygen atoms in total. The largest absolute Gasteiger partial charge is 0.497 e. The average Bonchev–Trinajstić information content (AvgIpc) is 2.88. The molecule has 0 amide bonds. The van der Waals surface area contributed by atoms with Gasteiger partial charge >= 0.3 is 0 Å². The van der Waals surface area contributed by atoms with Crippen LogP contribution in [0.15, 0.2) is 39.6 Å². The Morgan fingerprint density at radius 1 is 1.25 bits per heavy atom. The third-order valence-electron chi connectivity index (χ3n) is 2.68. The van der Waals surface area contributed by atoms with Crippen molar-refractivity contribution in [2.45, 2.75) is 19.6 Å². The van der Waals surface area contributed by atoms with Crippen molar-refractivity contribution in [3.8, 4) is 28.3 Å². The molecule has 1 aromatic heterocycles. The number of ether oxygens (including phenoxy) is 1. The molecule has 0 bridgehead atoms. The van der Waals surface area contributed by atoms with Crippen LogP contribution in [0.5, 0.6) is 5.75 Å². The summed E-state index contributed by atoms with van der Waals surface area (Å²) in [6.45, 7) is 6.69. The molecule has 0 saturated heterocycles. The molecule has 2 rings (SSSR count). The highest BCUT2D eigenvalue weighted by atomic mass is 79.9. The number of furan rings is 1. The predicted octanol–water partition coefficient (Wildman–Crippen LogP) is 4.95. The summed E-state index contributed by atoms with van der Waals surface area (Å²) >= 11 is 3.60. The lowest BCUT2D eigenvalue weighted by Crippen LogP contribution is -2.16. The zero-order chi connectivity index (χ0) is 14.8. The van der Waals surface area contributed by atoms with Gasteiger partial charge in [0.1, 0.15) is 13.8 Å². The molecule has 104 valence electrons. The van der Waals surface area contributed by atoms with Gasteiger partial charge in [-0.1, -0.05) is 25.6 Å². The molecule has 0 N–H and O–H groups in total. The third-order valence-corrected chi connectivity index (χ3v) is 4.18. The molecular formula is C16H17BrO2Si. The van der Waals surface area contributed by atoms with E-state index in [4.69, 9.17) is 9.15 Å². The van der Waals surface area contributed by atoms with Gasteiger partial charge in [0.2, 0.25) is 0 Å². The fourth-order valence-corrected chi connectivity index (χ4v) is 2.93. The summed E-state index contributed by atoms with van der Waals surface area (Å²) in [5.74, 6) is 4.11. The van der Waals surface area contributed by atoms with Gasteiger partial charge < -0.3 is 9.15 Å². The molecule has 0 unspecified atom stereocenters. The molecule has 0 spiro atoms. The van der Waals surface area contributed by atoms with Crippen LogP contribution in [0.3, 0.4) is 0 Å². The standard InChI is InChI=1S/C16H17BrO2Si/c1-18-14-9-12(6-8-20(2,3)4)16(15(17)10-14)13-5-7-19-11-13/h5,7,9-11H,1-4H3. The van der Waals surface area contributed by atoms with E-state index in [9.17, 15) is 0 Å². The smallest absolute Gasteiger partial charge is 0.129 e. The minimum Gasteiger partial charge on any atom is -0.497 e. The second kappa shape index (κ2) is 5.90. The Labute approximate surface area is 129 Å². The summed E-state index contributed by atoms with van der Waals surface area (Å²) in [6, 6.07) is 5.86. The lowest BCUT2D eigenvalue weighted by molar-refractivity contribution is 0.414. The highest BCUT2D eigenvalue weighted by Crippen LogP contribution is 2.35. The fraction of sp³-hybridized carbons (Fsp3) is 0.250. The molecule has 1 heterocycles. The molecule has 20 heavy (non-hydrogen) atoms. The lowest BCUT2D eigenvalue weighted by atomic mass is 10.0. The van der Waals surface area contributed by atoms with E-state index in [0.717, 1.165) is 26.9 Å². The van der Waals surface area contributed by atoms with E-state index < -0.39 is 8.07 Å². The molecule has 0 aliphatic rings. The maximum atomic E-state index is 5.33. The average molecular weight is 349 g/mol. The Hall–Kier alpha value is -1.44. The van der Waals surface area contributed by atoms with Gasteiger partial charge in [-0.25, -0.2) is 0 Å². The third kappa shape index (κ3) is 3.56. The topological polar surface area (TPSA) is 22.4 Å². The van der Waals surface area contributed by atoms with Crippen molar-refractivity contribution in [3.63, 3.8) is 0 Å². The van der Waals surface area contributed by atoms with Crippen LogP contribution in [0.2, 0.25) is 19.6 Å². The molecule has 0 saturated carbocycles. The van der Waals surface area contributed by atoms with Crippen molar-refractivity contribution in [3.05, 3.63) is 40.8 Å². The molecule has 0 fully saturated rings. The number of benzene rings is 1. The zero-order valence-corrected chi connectivity index (χ0v) is 14.7. The summed E-state index contributed by atoms with van der Waals surface area (Å²) in [4.78, 5) is 0. The Balaban J connectivity index is 2.62. The minimum atomic E-state index is -1.43. The van der Waals surface area contributed by atoms with Crippen molar-refractivity contribution in [2.24, 2.45) is 0 Å². The van der Waals surface area contributed by atoms with Crippen molar-refractivity contribution in [1.82, 2.24) is 0 Å². The van der Waals surface area contributed by atoms with Crippen LogP contribution >= 0.6 is 15.9 Å². The van der Waals surface area contributed by atoms with Gasteiger partial charge in [-0.05, 0) is 34.1 Å². The molecule has 0 radical (unpaired) electrons. The quantitative estimate of drug-likeness (QED) is 0.566. The van der Waals surface area contributed by atoms with Gasteiger partial charge in [-0.3, -0.25) is 0 Å². The molecule has 0 aliphatic carbocycles. The Bertz CT molecular complexity index is 658. The fourth-order valence-electron chi connectivity index (χ4n) is 1.75. The number of hydrogen-bond acceptors (Lipinski definition) is 2. The van der Waals surface area contributed by atoms with Gasteiger partial charge in [0.25, 0.3) is 0 Å². The molecule has 0 atom stereocenters. The molecule has 4 heteroatoms. The number of halogens is 1. The highest BCUT2D eigenvalue weighted by molar-refractivity contribution is 9.10. The zero-order valence-electron chi connectivity index (χ0n) is 12.1. The number of rotatable bonds is 2. The van der Waals surface area contributed by atoms with Crippen LogP contribution in [0.25, 0.3) is 11.1 Å². The minimum absolute atomic E-state index is 0.795. The predicted molar refractivity (Wildman–Crippen MR) is 88.6 cm³/mol. The first kappa shape index (κ1) is 15.0. The van der Waals surface area contributed by atoms with Crippen LogP contribution in [0, 0.1) is 11.5 Å². The number of hydrogen-bond donors (Lipinski definition) is 0. The monoisotopic (exact) mass is 348 g/mol. The van der Waals surface area contributed by atoms with E-state index in [2.05, 4.69) is 47.0 Å². The first-order valence-corrected chi connectivity index (χ1v) is 10.6. The Morgan fingerprint density at radius 2 is 2.00 bits per heavy atom. The van der Waals surface area contributed by atoms with Gasteiger partial charge in [0.15, 0.2) is 0 Å². The molecule has 1 aromatic carbocycles. The summed E-state index contributed by atoms with van der Waals surface area (Å²) in [7, 11) is 0.228. The Kier molecular flexibility index (Phi) is 4.41. The van der Waals surface area contributed by atoms with Crippen LogP contribution in [0.1, 0.15) is 5.56 Å². The number of methoxy groups -OCH3 is 1. The first-order valence-electron chi connectivity index (χ1n) is 6.34. The summed E-state index contributed by atoms with van der Waals surface area (Å²) in [5.41, 5.74) is 6.42. The summed E-state index contributed by atoms with van der Waals surface area (Å²) < 4.78 is 11.5. The van der Waals surface area contributed by atoms with Crippen molar-refractivity contribution >= 4 is 24.0 Å². The van der Waals surface area contributed by atoms with Crippen molar-refractivity contribution in [2.75, 3.05) is 7.11 Å². The van der Waals surface area contributed by atoms with Crippen LogP contribution in [0.4, 0.5) is 0 Å². The molecular weight excluding hydrogens is 332 g/mol. The van der Waals surface area contributed by atoms with Gasteiger partial charge in [-0.2, -0.15) is 0 Å². The molecule has 2 aromatic rings. The lowest BCUT2D eigenvalue weighted by Gasteiger charge is -2.10. The SMILES string of the molecule is COc1cc(Br)c(-c2ccoc2)c(C#C[Si](C)(C)C)c1. The molecule has 0 aliphatic heterocycles. The first-order chi connectivity index (χ1) is 9.40. The van der Waals surface area contributed by atoms with E-state index >= 15 is 0 Å². The van der Waals surface area contributed by atoms with Gasteiger partial charge in [0, 0.05) is 21.2 Å². The summed E-state index contributed by atoms with van der Waals surface area (Å²) in [5, 5.41) is 0. The summed E-state index contributed by atoms with van der Waals surface area (Å²) in [6.07, 6.45) is 3.40. The van der Waals surface area contributed by atoms with E-state index in [1.165, 1.54) is 0 Å². The van der Waals surface area contributed by atoms with E-state index in [1.54, 1.807) is 19.6 Å². The van der Waals surface area contributed by atoms with Crippen LogP contribution in [-0.2, 0) is 0 Å². The second-order valence-electron chi connectivity index (χ2n) is 5.54. The maximum absolute atomic E-state index is 5.33. The van der Waals surface area contributed by atoms with E-state index in [-0.39, 0.29) is 0 Å². The van der Waals surface area contributed by atoms with Crippen LogP contribution in [-0.4, -0.2) is 15.2 Å². The van der Waals surface area contributed by atoms with E-state index in [0.29, 0.717) is 0 Å². The van der Waals surface area contributed by atoms with Crippen molar-refractivity contribution in [1.29, 1.82) is 0 Å². The normalized spacial score (nSPS) is 10.8. The Morgan fingerprint density at radius 3 is 2.55 bits per heavy atom. The van der Waals surface area contributed by atoms with E-state index in [1.807, 2.05) is 18.2 Å². The van der Waals surface area contributed by atoms with Crippen LogP contribution < -0.4 is 4.74 Å². The van der Waals surface area contributed by atoms with Gasteiger partial charge in [0.05, 0.1) is 19.6 Å². The van der Waals surface area contributed by atoms with Gasteiger partial charge in [-0.15, -0.1) is 5.54 Å². The highest BCUT2D eigenvalue weighted by Gasteiger charge is 2.13. The maximum Gasteiger partial charge on any atom is 0.129 e. The second-order valence-corrected chi connectivity index (χ2v) is 11.1. The van der Waals surface area contributed by atoms with Crippen molar-refractivity contribution < 1.29 is 9.15 Å².